The molecule has 2 heterocycles. The number of aromatic nitrogens is 1. The SMILES string of the molecule is c1cc(-c2ccc(N(c3ccc(-c4cccc5ccccc45)cc3)c3cccc(-c4cccc5c4oc4ccccc45)c3)cc2)cc(-c2ccccc2-n2c3ccccc3c3ccccc32)c1. The van der Waals surface area contributed by atoms with Gasteiger partial charge in [-0.3, -0.25) is 0 Å². The minimum Gasteiger partial charge on any atom is -0.455 e. The van der Waals surface area contributed by atoms with Crippen LogP contribution in [0.25, 0.3) is 105 Å². The monoisotopic (exact) mass is 854 g/mol. The highest BCUT2D eigenvalue weighted by atomic mass is 16.3. The Labute approximate surface area is 388 Å². The minimum absolute atomic E-state index is 0.895. The number of hydrogen-bond donors (Lipinski definition) is 0. The van der Waals surface area contributed by atoms with Crippen LogP contribution in [0.4, 0.5) is 17.1 Å². The van der Waals surface area contributed by atoms with Gasteiger partial charge in [0.2, 0.25) is 0 Å². The third kappa shape index (κ3) is 6.59. The van der Waals surface area contributed by atoms with Crippen LogP contribution in [0.2, 0.25) is 0 Å². The largest absolute Gasteiger partial charge is 0.455 e. The van der Waals surface area contributed by atoms with Crippen LogP contribution in [0.1, 0.15) is 0 Å². The number of furan rings is 1. The zero-order valence-corrected chi connectivity index (χ0v) is 36.6. The highest BCUT2D eigenvalue weighted by molar-refractivity contribution is 6.11. The first-order valence-electron chi connectivity index (χ1n) is 22.9. The van der Waals surface area contributed by atoms with Crippen LogP contribution in [-0.4, -0.2) is 4.57 Å². The van der Waals surface area contributed by atoms with Gasteiger partial charge >= 0.3 is 0 Å². The average molecular weight is 855 g/mol. The molecule has 13 rings (SSSR count). The van der Waals surface area contributed by atoms with Crippen molar-refractivity contribution in [3.63, 3.8) is 0 Å². The summed E-state index contributed by atoms with van der Waals surface area (Å²) in [4.78, 5) is 2.36. The van der Waals surface area contributed by atoms with Crippen molar-refractivity contribution in [1.29, 1.82) is 0 Å². The first-order valence-corrected chi connectivity index (χ1v) is 22.9. The molecule has 67 heavy (non-hydrogen) atoms. The van der Waals surface area contributed by atoms with Crippen LogP contribution in [0.15, 0.2) is 259 Å². The number of benzene rings is 11. The van der Waals surface area contributed by atoms with Gasteiger partial charge in [0.05, 0.1) is 16.7 Å². The molecule has 0 aliphatic heterocycles. The molecule has 314 valence electrons. The smallest absolute Gasteiger partial charge is 0.143 e. The van der Waals surface area contributed by atoms with Gasteiger partial charge in [0, 0.05) is 49.7 Å². The van der Waals surface area contributed by atoms with Crippen LogP contribution in [0.3, 0.4) is 0 Å². The predicted molar refractivity (Wildman–Crippen MR) is 282 cm³/mol. The fourth-order valence-corrected chi connectivity index (χ4v) is 10.3. The summed E-state index contributed by atoms with van der Waals surface area (Å²) in [5.41, 5.74) is 17.8. The molecule has 13 aromatic rings. The third-order valence-corrected chi connectivity index (χ3v) is 13.4. The number of para-hydroxylation sites is 5. The quantitative estimate of drug-likeness (QED) is 0.152. The van der Waals surface area contributed by atoms with Crippen LogP contribution in [0.5, 0.6) is 0 Å². The zero-order valence-electron chi connectivity index (χ0n) is 36.6. The Hall–Kier alpha value is -8.92. The van der Waals surface area contributed by atoms with Crippen molar-refractivity contribution >= 4 is 71.6 Å². The lowest BCUT2D eigenvalue weighted by atomic mass is 9.97. The highest BCUT2D eigenvalue weighted by Crippen LogP contribution is 2.42. The van der Waals surface area contributed by atoms with Crippen molar-refractivity contribution in [2.45, 2.75) is 0 Å². The summed E-state index contributed by atoms with van der Waals surface area (Å²) in [6.07, 6.45) is 0. The summed E-state index contributed by atoms with van der Waals surface area (Å²) in [7, 11) is 0. The van der Waals surface area contributed by atoms with E-state index in [1.54, 1.807) is 0 Å². The van der Waals surface area contributed by atoms with Gasteiger partial charge in [0.1, 0.15) is 11.2 Å². The lowest BCUT2D eigenvalue weighted by Crippen LogP contribution is -2.10. The molecule has 0 bridgehead atoms. The Kier molecular flexibility index (Phi) is 9.17. The van der Waals surface area contributed by atoms with Gasteiger partial charge in [0.25, 0.3) is 0 Å². The maximum absolute atomic E-state index is 6.53. The first kappa shape index (κ1) is 38.5. The number of nitrogens with zero attached hydrogens (tertiary/aromatic N) is 2. The van der Waals surface area contributed by atoms with Gasteiger partial charge in [-0.15, -0.1) is 0 Å². The van der Waals surface area contributed by atoms with E-state index in [0.717, 1.165) is 66.9 Å². The van der Waals surface area contributed by atoms with Gasteiger partial charge < -0.3 is 13.9 Å². The van der Waals surface area contributed by atoms with Crippen molar-refractivity contribution in [3.05, 3.63) is 255 Å². The van der Waals surface area contributed by atoms with Crippen molar-refractivity contribution in [1.82, 2.24) is 4.57 Å². The maximum Gasteiger partial charge on any atom is 0.143 e. The van der Waals surface area contributed by atoms with E-state index in [-0.39, 0.29) is 0 Å². The summed E-state index contributed by atoms with van der Waals surface area (Å²) in [5.74, 6) is 0. The number of rotatable bonds is 8. The Morgan fingerprint density at radius 1 is 0.299 bits per heavy atom. The van der Waals surface area contributed by atoms with Crippen molar-refractivity contribution in [3.8, 4) is 50.2 Å². The Morgan fingerprint density at radius 2 is 0.821 bits per heavy atom. The summed E-state index contributed by atoms with van der Waals surface area (Å²) in [6, 6.07) is 91.9. The average Bonchev–Trinajstić information content (AvgIpc) is 3.95. The molecule has 0 unspecified atom stereocenters. The summed E-state index contributed by atoms with van der Waals surface area (Å²) >= 11 is 0. The van der Waals surface area contributed by atoms with Gasteiger partial charge in [-0.25, -0.2) is 0 Å². The molecular weight excluding hydrogens is 813 g/mol. The molecule has 0 radical (unpaired) electrons. The molecule has 0 saturated heterocycles. The molecule has 0 aliphatic carbocycles. The van der Waals surface area contributed by atoms with Crippen molar-refractivity contribution in [2.75, 3.05) is 4.90 Å². The molecule has 0 N–H and O–H groups in total. The Bertz CT molecular complexity index is 3930. The second-order valence-corrected chi connectivity index (χ2v) is 17.3. The molecule has 3 nitrogen and oxygen atoms in total. The normalized spacial score (nSPS) is 11.6. The number of hydrogen-bond acceptors (Lipinski definition) is 2. The van der Waals surface area contributed by atoms with Gasteiger partial charge in [0.15, 0.2) is 0 Å². The van der Waals surface area contributed by atoms with E-state index in [2.05, 4.69) is 252 Å². The van der Waals surface area contributed by atoms with Gasteiger partial charge in [-0.05, 0) is 111 Å². The van der Waals surface area contributed by atoms with Crippen molar-refractivity contribution in [2.24, 2.45) is 0 Å². The minimum atomic E-state index is 0.895. The Balaban J connectivity index is 0.900. The summed E-state index contributed by atoms with van der Waals surface area (Å²) < 4.78 is 8.94. The molecule has 0 saturated carbocycles. The van der Waals surface area contributed by atoms with Crippen LogP contribution in [-0.2, 0) is 0 Å². The zero-order chi connectivity index (χ0) is 44.3. The fourth-order valence-electron chi connectivity index (χ4n) is 10.3. The molecule has 11 aromatic carbocycles. The Morgan fingerprint density at radius 3 is 1.60 bits per heavy atom. The lowest BCUT2D eigenvalue weighted by molar-refractivity contribution is 0.670. The fraction of sp³-hybridized carbons (Fsp3) is 0. The maximum atomic E-state index is 6.53. The molecule has 3 heteroatoms. The lowest BCUT2D eigenvalue weighted by Gasteiger charge is -2.26. The second kappa shape index (κ2) is 16.0. The van der Waals surface area contributed by atoms with E-state index in [1.165, 1.54) is 54.8 Å². The molecular formula is C64H42N2O. The standard InChI is InChI=1S/C64H42N2O/c1-2-21-52-44(15-1)16-13-26-53(52)45-35-39-50(40-36-45)65(51-20-12-19-48(42-51)55-27-14-28-59-58-25-6-10-32-63(58)67-64(55)59)49-37-33-43(34-38-49)46-17-11-18-47(41-46)54-22-3-7-29-60(54)66-61-30-8-4-23-56(61)57-24-5-9-31-62(57)66/h1-42H. The first-order chi connectivity index (χ1) is 33.2. The topological polar surface area (TPSA) is 21.3 Å². The van der Waals surface area contributed by atoms with E-state index in [4.69, 9.17) is 4.42 Å². The van der Waals surface area contributed by atoms with E-state index in [9.17, 15) is 0 Å². The molecule has 0 spiro atoms. The van der Waals surface area contributed by atoms with Gasteiger partial charge in [-0.1, -0.05) is 188 Å². The summed E-state index contributed by atoms with van der Waals surface area (Å²) in [5, 5.41) is 7.24. The van der Waals surface area contributed by atoms with E-state index in [1.807, 2.05) is 12.1 Å². The molecule has 0 atom stereocenters. The van der Waals surface area contributed by atoms with Crippen LogP contribution in [0, 0.1) is 0 Å². The molecule has 0 amide bonds. The molecule has 0 aliphatic rings. The van der Waals surface area contributed by atoms with Crippen LogP contribution < -0.4 is 4.90 Å². The predicted octanol–water partition coefficient (Wildman–Crippen LogP) is 18.0. The van der Waals surface area contributed by atoms with Crippen molar-refractivity contribution < 1.29 is 4.42 Å². The second-order valence-electron chi connectivity index (χ2n) is 17.3. The van der Waals surface area contributed by atoms with E-state index in [0.29, 0.717) is 0 Å². The van der Waals surface area contributed by atoms with E-state index >= 15 is 0 Å². The number of fused-ring (bicyclic) bond motifs is 7. The summed E-state index contributed by atoms with van der Waals surface area (Å²) in [6.45, 7) is 0. The number of anilines is 3. The molecule has 0 fully saturated rings. The van der Waals surface area contributed by atoms with Gasteiger partial charge in [-0.2, -0.15) is 0 Å². The molecule has 2 aromatic heterocycles. The van der Waals surface area contributed by atoms with Crippen LogP contribution >= 0.6 is 0 Å². The van der Waals surface area contributed by atoms with E-state index < -0.39 is 0 Å². The highest BCUT2D eigenvalue weighted by Gasteiger charge is 2.19. The third-order valence-electron chi connectivity index (χ3n) is 13.4.